The zero-order valence-electron chi connectivity index (χ0n) is 15.2. The van der Waals surface area contributed by atoms with Gasteiger partial charge in [-0.3, -0.25) is 9.59 Å². The van der Waals surface area contributed by atoms with E-state index in [-0.39, 0.29) is 12.2 Å². The first-order chi connectivity index (χ1) is 14.1. The predicted molar refractivity (Wildman–Crippen MR) is 103 cm³/mol. The molecule has 0 aliphatic carbocycles. The second-order valence-corrected chi connectivity index (χ2v) is 6.02. The van der Waals surface area contributed by atoms with Crippen molar-refractivity contribution in [2.75, 3.05) is 12.4 Å². The topological polar surface area (TPSA) is 98.5 Å². The summed E-state index contributed by atoms with van der Waals surface area (Å²) in [6.07, 6.45) is 3.49. The highest BCUT2D eigenvalue weighted by atomic mass is 19.1. The van der Waals surface area contributed by atoms with Crippen LogP contribution in [0.2, 0.25) is 0 Å². The molecule has 8 nitrogen and oxygen atoms in total. The summed E-state index contributed by atoms with van der Waals surface area (Å²) in [5, 5.41) is 7.39. The maximum atomic E-state index is 14.1. The van der Waals surface area contributed by atoms with Gasteiger partial charge in [-0.2, -0.15) is 4.98 Å². The van der Waals surface area contributed by atoms with Gasteiger partial charge < -0.3 is 10.1 Å². The summed E-state index contributed by atoms with van der Waals surface area (Å²) in [5.41, 5.74) is 2.62. The molecule has 0 fully saturated rings. The molecule has 0 amide bonds. The fourth-order valence-corrected chi connectivity index (χ4v) is 2.82. The highest BCUT2D eigenvalue weighted by Crippen LogP contribution is 2.27. The summed E-state index contributed by atoms with van der Waals surface area (Å²) < 4.78 is 20.5. The second-order valence-electron chi connectivity index (χ2n) is 6.02. The number of Topliss-reactive ketones (excluding diaryl/α,β-unsaturated/α-hetero) is 1. The van der Waals surface area contributed by atoms with E-state index in [1.165, 1.54) is 31.5 Å². The Morgan fingerprint density at radius 3 is 2.72 bits per heavy atom. The van der Waals surface area contributed by atoms with Crippen molar-refractivity contribution >= 4 is 29.4 Å². The van der Waals surface area contributed by atoms with Gasteiger partial charge in [0.25, 0.3) is 0 Å². The minimum Gasteiger partial charge on any atom is -0.479 e. The Bertz CT molecular complexity index is 1220. The number of rotatable bonds is 6. The summed E-state index contributed by atoms with van der Waals surface area (Å²) in [6.45, 7) is 0. The normalized spacial score (nSPS) is 10.7. The third kappa shape index (κ3) is 3.53. The lowest BCUT2D eigenvalue weighted by Gasteiger charge is -2.05. The second kappa shape index (κ2) is 7.47. The number of anilines is 2. The Morgan fingerprint density at radius 2 is 2.03 bits per heavy atom. The van der Waals surface area contributed by atoms with E-state index in [0.29, 0.717) is 34.0 Å². The molecule has 0 spiro atoms. The van der Waals surface area contributed by atoms with Gasteiger partial charge in [0.2, 0.25) is 17.6 Å². The number of ether oxygens (including phenoxy) is 1. The average molecular weight is 391 g/mol. The van der Waals surface area contributed by atoms with Gasteiger partial charge in [-0.05, 0) is 42.5 Å². The third-order valence-electron chi connectivity index (χ3n) is 4.21. The molecule has 0 saturated carbocycles. The minimum absolute atomic E-state index is 0.0824. The largest absolute Gasteiger partial charge is 0.479 e. The van der Waals surface area contributed by atoms with Crippen LogP contribution >= 0.6 is 0 Å². The number of nitrogens with zero attached hydrogens (tertiary/aromatic N) is 4. The van der Waals surface area contributed by atoms with Crippen LogP contribution < -0.4 is 10.1 Å². The van der Waals surface area contributed by atoms with Crippen molar-refractivity contribution in [3.8, 4) is 17.0 Å². The predicted octanol–water partition coefficient (Wildman–Crippen LogP) is 3.06. The number of hydrogen-bond donors (Lipinski definition) is 1. The summed E-state index contributed by atoms with van der Waals surface area (Å²) in [7, 11) is 1.35. The number of pyridine rings is 2. The number of hydrogen-bond acceptors (Lipinski definition) is 7. The molecule has 144 valence electrons. The number of aromatic nitrogens is 4. The number of aldehydes is 1. The molecule has 0 aliphatic rings. The summed E-state index contributed by atoms with van der Waals surface area (Å²) in [5.74, 6) is -0.933. The lowest BCUT2D eigenvalue weighted by Crippen LogP contribution is -2.00. The Balaban J connectivity index is 1.66. The molecule has 0 atom stereocenters. The Morgan fingerprint density at radius 1 is 1.24 bits per heavy atom. The van der Waals surface area contributed by atoms with Gasteiger partial charge in [0.1, 0.15) is 0 Å². The Hall–Kier alpha value is -4.14. The minimum atomic E-state index is -0.590. The summed E-state index contributed by atoms with van der Waals surface area (Å²) >= 11 is 0. The maximum absolute atomic E-state index is 14.1. The van der Waals surface area contributed by atoms with E-state index in [9.17, 15) is 14.0 Å². The molecule has 0 unspecified atom stereocenters. The van der Waals surface area contributed by atoms with Gasteiger partial charge >= 0.3 is 0 Å². The van der Waals surface area contributed by atoms with Crippen molar-refractivity contribution < 1.29 is 18.7 Å². The van der Waals surface area contributed by atoms with Gasteiger partial charge in [0.05, 0.1) is 7.11 Å². The van der Waals surface area contributed by atoms with Crippen LogP contribution in [0.1, 0.15) is 10.4 Å². The quantitative estimate of drug-likeness (QED) is 0.306. The van der Waals surface area contributed by atoms with Crippen molar-refractivity contribution in [1.82, 2.24) is 19.6 Å². The number of nitrogens with one attached hydrogen (secondary N) is 1. The number of carbonyl (C=O) groups is 2. The molecule has 0 aliphatic heterocycles. The number of fused-ring (bicyclic) bond motifs is 1. The molecule has 4 aromatic rings. The molecular weight excluding hydrogens is 377 g/mol. The highest BCUT2D eigenvalue weighted by Gasteiger charge is 2.13. The standard InChI is InChI=1S/C20H14FN5O3/c1-29-19-16(21)9-13(10-22-19)15-3-2-8-26-18(15)24-20(25-26)23-14-6-4-12(5-7-14)17(28)11-27/h2-11H,1H3,(H,23,25). The molecule has 3 aromatic heterocycles. The van der Waals surface area contributed by atoms with Gasteiger partial charge in [-0.15, -0.1) is 5.10 Å². The van der Waals surface area contributed by atoms with Crippen LogP contribution in [-0.2, 0) is 4.79 Å². The summed E-state index contributed by atoms with van der Waals surface area (Å²) in [6, 6.07) is 11.2. The van der Waals surface area contributed by atoms with E-state index in [0.717, 1.165) is 0 Å². The zero-order chi connectivity index (χ0) is 20.4. The maximum Gasteiger partial charge on any atom is 0.250 e. The lowest BCUT2D eigenvalue weighted by molar-refractivity contribution is -0.104. The number of benzene rings is 1. The zero-order valence-corrected chi connectivity index (χ0v) is 15.2. The average Bonchev–Trinajstić information content (AvgIpc) is 3.16. The van der Waals surface area contributed by atoms with E-state index in [4.69, 9.17) is 4.74 Å². The molecule has 0 saturated heterocycles. The van der Waals surface area contributed by atoms with Gasteiger partial charge in [0.15, 0.2) is 17.8 Å². The highest BCUT2D eigenvalue weighted by molar-refractivity contribution is 6.33. The van der Waals surface area contributed by atoms with E-state index in [2.05, 4.69) is 20.4 Å². The molecule has 29 heavy (non-hydrogen) atoms. The number of methoxy groups -OCH3 is 1. The van der Waals surface area contributed by atoms with E-state index in [1.54, 1.807) is 35.0 Å². The third-order valence-corrected chi connectivity index (χ3v) is 4.21. The smallest absolute Gasteiger partial charge is 0.250 e. The molecule has 9 heteroatoms. The van der Waals surface area contributed by atoms with Crippen molar-refractivity contribution in [1.29, 1.82) is 0 Å². The van der Waals surface area contributed by atoms with E-state index in [1.807, 2.05) is 0 Å². The van der Waals surface area contributed by atoms with E-state index >= 15 is 0 Å². The number of ketones is 1. The summed E-state index contributed by atoms with van der Waals surface area (Å²) in [4.78, 5) is 30.4. The van der Waals surface area contributed by atoms with Crippen LogP contribution in [0.5, 0.6) is 5.88 Å². The first kappa shape index (κ1) is 18.2. The van der Waals surface area contributed by atoms with Crippen LogP contribution in [0.15, 0.2) is 54.9 Å². The molecule has 3 heterocycles. The van der Waals surface area contributed by atoms with Crippen molar-refractivity contribution in [3.63, 3.8) is 0 Å². The SMILES string of the molecule is COc1ncc(-c2cccn3nc(Nc4ccc(C(=O)C=O)cc4)nc23)cc1F. The fraction of sp³-hybridized carbons (Fsp3) is 0.0500. The van der Waals surface area contributed by atoms with Crippen LogP contribution in [0, 0.1) is 5.82 Å². The van der Waals surface area contributed by atoms with Gasteiger partial charge in [-0.1, -0.05) is 0 Å². The number of halogens is 1. The monoisotopic (exact) mass is 391 g/mol. The van der Waals surface area contributed by atoms with Gasteiger partial charge in [-0.25, -0.2) is 13.9 Å². The molecule has 1 N–H and O–H groups in total. The van der Waals surface area contributed by atoms with Crippen LogP contribution in [0.4, 0.5) is 16.0 Å². The molecule has 0 bridgehead atoms. The van der Waals surface area contributed by atoms with Crippen molar-refractivity contribution in [3.05, 3.63) is 66.2 Å². The molecule has 0 radical (unpaired) electrons. The fourth-order valence-electron chi connectivity index (χ4n) is 2.82. The molecule has 1 aromatic carbocycles. The van der Waals surface area contributed by atoms with E-state index < -0.39 is 11.6 Å². The first-order valence-corrected chi connectivity index (χ1v) is 8.51. The number of carbonyl (C=O) groups excluding carboxylic acids is 2. The Labute approximate surface area is 164 Å². The van der Waals surface area contributed by atoms with Crippen LogP contribution in [-0.4, -0.2) is 38.8 Å². The Kier molecular flexibility index (Phi) is 4.70. The van der Waals surface area contributed by atoms with Crippen molar-refractivity contribution in [2.24, 2.45) is 0 Å². The van der Waals surface area contributed by atoms with Gasteiger partial charge in [0, 0.05) is 34.8 Å². The van der Waals surface area contributed by atoms with Crippen molar-refractivity contribution in [2.45, 2.75) is 0 Å². The van der Waals surface area contributed by atoms with Crippen LogP contribution in [0.3, 0.4) is 0 Å². The first-order valence-electron chi connectivity index (χ1n) is 8.51. The van der Waals surface area contributed by atoms with Crippen LogP contribution in [0.25, 0.3) is 16.8 Å². The molecule has 4 rings (SSSR count). The lowest BCUT2D eigenvalue weighted by atomic mass is 10.1. The molecular formula is C20H14FN5O3.